The average Bonchev–Trinajstić information content (AvgIpc) is 3.41. The van der Waals surface area contributed by atoms with Crippen LogP contribution in [-0.2, 0) is 16.1 Å². The number of benzene rings is 1. The number of nitrogens with zero attached hydrogens (tertiary/aromatic N) is 3. The van der Waals surface area contributed by atoms with Gasteiger partial charge in [-0.05, 0) is 56.5 Å². The molecule has 148 valence electrons. The molecule has 1 aliphatic carbocycles. The number of carbonyl (C=O) groups excluding carboxylic acids is 2. The van der Waals surface area contributed by atoms with Gasteiger partial charge in [-0.1, -0.05) is 12.1 Å². The molecule has 2 aromatic rings. The zero-order valence-electron chi connectivity index (χ0n) is 16.3. The van der Waals surface area contributed by atoms with E-state index in [1.807, 2.05) is 38.2 Å². The SMILES string of the molecule is CC(C)N(CC(=O)N1CCn2cccc2C1c1cccc(F)c1)C(=O)C1CC1. The van der Waals surface area contributed by atoms with Crippen molar-refractivity contribution in [2.45, 2.75) is 45.3 Å². The summed E-state index contributed by atoms with van der Waals surface area (Å²) in [6.07, 6.45) is 3.82. The van der Waals surface area contributed by atoms with Gasteiger partial charge in [0.1, 0.15) is 12.4 Å². The Kier molecular flexibility index (Phi) is 4.96. The van der Waals surface area contributed by atoms with E-state index in [0.29, 0.717) is 13.1 Å². The molecule has 5 nitrogen and oxygen atoms in total. The smallest absolute Gasteiger partial charge is 0.243 e. The van der Waals surface area contributed by atoms with Gasteiger partial charge in [-0.2, -0.15) is 0 Å². The summed E-state index contributed by atoms with van der Waals surface area (Å²) >= 11 is 0. The van der Waals surface area contributed by atoms with Gasteiger partial charge in [0, 0.05) is 36.9 Å². The van der Waals surface area contributed by atoms with Gasteiger partial charge in [0.25, 0.3) is 0 Å². The van der Waals surface area contributed by atoms with E-state index in [1.165, 1.54) is 12.1 Å². The van der Waals surface area contributed by atoms with Crippen LogP contribution in [0.3, 0.4) is 0 Å². The Labute approximate surface area is 164 Å². The molecule has 0 N–H and O–H groups in total. The van der Waals surface area contributed by atoms with Gasteiger partial charge in [-0.25, -0.2) is 4.39 Å². The Morgan fingerprint density at radius 3 is 2.64 bits per heavy atom. The first-order valence-corrected chi connectivity index (χ1v) is 9.96. The fourth-order valence-electron chi connectivity index (χ4n) is 4.00. The van der Waals surface area contributed by atoms with Crippen molar-refractivity contribution in [3.05, 3.63) is 59.7 Å². The minimum atomic E-state index is -0.350. The van der Waals surface area contributed by atoms with Crippen LogP contribution in [0.15, 0.2) is 42.6 Å². The molecule has 6 heteroatoms. The van der Waals surface area contributed by atoms with E-state index in [1.54, 1.807) is 15.9 Å². The molecule has 4 rings (SSSR count). The fraction of sp³-hybridized carbons (Fsp3) is 0.455. The van der Waals surface area contributed by atoms with Crippen molar-refractivity contribution in [3.8, 4) is 0 Å². The summed E-state index contributed by atoms with van der Waals surface area (Å²) in [5.41, 5.74) is 1.72. The number of rotatable bonds is 5. The molecular formula is C22H26FN3O2. The van der Waals surface area contributed by atoms with Crippen molar-refractivity contribution in [1.29, 1.82) is 0 Å². The van der Waals surface area contributed by atoms with E-state index in [-0.39, 0.29) is 42.2 Å². The highest BCUT2D eigenvalue weighted by Crippen LogP contribution is 2.34. The molecule has 2 heterocycles. The summed E-state index contributed by atoms with van der Waals surface area (Å²) in [7, 11) is 0. The summed E-state index contributed by atoms with van der Waals surface area (Å²) in [5, 5.41) is 0. The Morgan fingerprint density at radius 1 is 1.18 bits per heavy atom. The first-order chi connectivity index (χ1) is 13.5. The van der Waals surface area contributed by atoms with Crippen LogP contribution in [0.25, 0.3) is 0 Å². The molecule has 1 fully saturated rings. The van der Waals surface area contributed by atoms with Crippen molar-refractivity contribution in [3.63, 3.8) is 0 Å². The second-order valence-electron chi connectivity index (χ2n) is 8.01. The van der Waals surface area contributed by atoms with Crippen LogP contribution in [0.2, 0.25) is 0 Å². The van der Waals surface area contributed by atoms with Crippen LogP contribution in [0.1, 0.15) is 44.0 Å². The quantitative estimate of drug-likeness (QED) is 0.796. The molecule has 2 amide bonds. The Balaban J connectivity index is 1.63. The standard InChI is InChI=1S/C22H26FN3O2/c1-15(2)26(22(28)16-8-9-16)14-20(27)25-12-11-24-10-4-7-19(24)21(25)17-5-3-6-18(23)13-17/h3-7,10,13,15-16,21H,8-9,11-12,14H2,1-2H3. The highest BCUT2D eigenvalue weighted by atomic mass is 19.1. The van der Waals surface area contributed by atoms with Crippen LogP contribution in [-0.4, -0.2) is 45.3 Å². The topological polar surface area (TPSA) is 45.6 Å². The first-order valence-electron chi connectivity index (χ1n) is 9.96. The predicted molar refractivity (Wildman–Crippen MR) is 104 cm³/mol. The van der Waals surface area contributed by atoms with Crippen LogP contribution in [0.4, 0.5) is 4.39 Å². The lowest BCUT2D eigenvalue weighted by atomic mass is 9.99. The van der Waals surface area contributed by atoms with E-state index in [2.05, 4.69) is 4.57 Å². The molecule has 1 atom stereocenters. The van der Waals surface area contributed by atoms with Crippen LogP contribution in [0, 0.1) is 11.7 Å². The predicted octanol–water partition coefficient (Wildman–Crippen LogP) is 3.21. The molecule has 1 aromatic heterocycles. The molecule has 1 aromatic carbocycles. The van der Waals surface area contributed by atoms with E-state index < -0.39 is 0 Å². The minimum Gasteiger partial charge on any atom is -0.348 e. The maximum Gasteiger partial charge on any atom is 0.243 e. The van der Waals surface area contributed by atoms with Gasteiger partial charge in [0.05, 0.1) is 6.04 Å². The molecule has 28 heavy (non-hydrogen) atoms. The van der Waals surface area contributed by atoms with E-state index in [9.17, 15) is 14.0 Å². The van der Waals surface area contributed by atoms with E-state index in [4.69, 9.17) is 0 Å². The molecule has 1 unspecified atom stereocenters. The van der Waals surface area contributed by atoms with Gasteiger partial charge in [0.2, 0.25) is 11.8 Å². The summed E-state index contributed by atoms with van der Waals surface area (Å²) in [4.78, 5) is 29.4. The third kappa shape index (κ3) is 3.55. The maximum atomic E-state index is 13.9. The van der Waals surface area contributed by atoms with Crippen molar-refractivity contribution in [2.75, 3.05) is 13.1 Å². The number of carbonyl (C=O) groups is 2. The van der Waals surface area contributed by atoms with Crippen molar-refractivity contribution in [1.82, 2.24) is 14.4 Å². The van der Waals surface area contributed by atoms with Gasteiger partial charge in [0.15, 0.2) is 0 Å². The second kappa shape index (κ2) is 7.41. The molecule has 1 saturated carbocycles. The van der Waals surface area contributed by atoms with Gasteiger partial charge in [-0.3, -0.25) is 9.59 Å². The summed E-state index contributed by atoms with van der Waals surface area (Å²) in [6.45, 7) is 5.18. The molecule has 0 saturated heterocycles. The zero-order chi connectivity index (χ0) is 19.8. The zero-order valence-corrected chi connectivity index (χ0v) is 16.3. The van der Waals surface area contributed by atoms with Crippen LogP contribution < -0.4 is 0 Å². The Morgan fingerprint density at radius 2 is 1.96 bits per heavy atom. The molecular weight excluding hydrogens is 357 g/mol. The number of hydrogen-bond acceptors (Lipinski definition) is 2. The molecule has 0 bridgehead atoms. The fourth-order valence-corrected chi connectivity index (χ4v) is 4.00. The highest BCUT2D eigenvalue weighted by molar-refractivity contribution is 5.87. The minimum absolute atomic E-state index is 0.0293. The average molecular weight is 383 g/mol. The van der Waals surface area contributed by atoms with Crippen molar-refractivity contribution >= 4 is 11.8 Å². The number of fused-ring (bicyclic) bond motifs is 1. The molecule has 2 aliphatic rings. The summed E-state index contributed by atoms with van der Waals surface area (Å²) in [6, 6.07) is 9.97. The monoisotopic (exact) mass is 383 g/mol. The number of halogens is 1. The van der Waals surface area contributed by atoms with Crippen LogP contribution >= 0.6 is 0 Å². The second-order valence-corrected chi connectivity index (χ2v) is 8.01. The van der Waals surface area contributed by atoms with Crippen molar-refractivity contribution in [2.24, 2.45) is 5.92 Å². The Bertz CT molecular complexity index is 887. The third-order valence-electron chi connectivity index (χ3n) is 5.66. The maximum absolute atomic E-state index is 13.9. The first kappa shape index (κ1) is 18.7. The lowest BCUT2D eigenvalue weighted by Crippen LogP contribution is -2.49. The van der Waals surface area contributed by atoms with E-state index in [0.717, 1.165) is 24.1 Å². The molecule has 0 radical (unpaired) electrons. The van der Waals surface area contributed by atoms with Crippen molar-refractivity contribution < 1.29 is 14.0 Å². The van der Waals surface area contributed by atoms with E-state index >= 15 is 0 Å². The van der Waals surface area contributed by atoms with Gasteiger partial charge >= 0.3 is 0 Å². The highest BCUT2D eigenvalue weighted by Gasteiger charge is 2.38. The van der Waals surface area contributed by atoms with Gasteiger partial charge < -0.3 is 14.4 Å². The largest absolute Gasteiger partial charge is 0.348 e. The number of aromatic nitrogens is 1. The molecule has 1 aliphatic heterocycles. The lowest BCUT2D eigenvalue weighted by Gasteiger charge is -2.39. The normalized spacial score (nSPS) is 18.9. The Hall–Kier alpha value is -2.63. The van der Waals surface area contributed by atoms with Gasteiger partial charge in [-0.15, -0.1) is 0 Å². The third-order valence-corrected chi connectivity index (χ3v) is 5.66. The number of amides is 2. The van der Waals surface area contributed by atoms with Crippen LogP contribution in [0.5, 0.6) is 0 Å². The number of hydrogen-bond donors (Lipinski definition) is 0. The summed E-state index contributed by atoms with van der Waals surface area (Å²) < 4.78 is 16.0. The summed E-state index contributed by atoms with van der Waals surface area (Å²) in [5.74, 6) is -0.260. The lowest BCUT2D eigenvalue weighted by molar-refractivity contribution is -0.144. The molecule has 0 spiro atoms.